The van der Waals surface area contributed by atoms with Crippen LogP contribution in [-0.4, -0.2) is 31.6 Å². The van der Waals surface area contributed by atoms with Crippen molar-refractivity contribution < 1.29 is 23.5 Å². The minimum absolute atomic E-state index is 0.00306. The van der Waals surface area contributed by atoms with Gasteiger partial charge in [0.05, 0.1) is 25.5 Å². The van der Waals surface area contributed by atoms with Crippen LogP contribution < -0.4 is 9.64 Å². The van der Waals surface area contributed by atoms with Gasteiger partial charge in [0, 0.05) is 12.2 Å². The Hall–Kier alpha value is -3.40. The Labute approximate surface area is 156 Å². The molecule has 2 rings (SSSR count). The second-order valence-electron chi connectivity index (χ2n) is 5.50. The van der Waals surface area contributed by atoms with E-state index in [-0.39, 0.29) is 26.0 Å². The van der Waals surface area contributed by atoms with Crippen molar-refractivity contribution in [3.63, 3.8) is 0 Å². The van der Waals surface area contributed by atoms with Gasteiger partial charge in [0.2, 0.25) is 0 Å². The van der Waals surface area contributed by atoms with Gasteiger partial charge in [0.1, 0.15) is 11.6 Å². The molecule has 2 aromatic rings. The average Bonchev–Trinajstić information content (AvgIpc) is 2.69. The zero-order valence-corrected chi connectivity index (χ0v) is 14.6. The van der Waals surface area contributed by atoms with E-state index in [0.717, 1.165) is 0 Å². The lowest BCUT2D eigenvalue weighted by Crippen LogP contribution is -2.35. The van der Waals surface area contributed by atoms with Crippen LogP contribution in [0.25, 0.3) is 0 Å². The predicted octanol–water partition coefficient (Wildman–Crippen LogP) is 3.08. The molecule has 6 nitrogen and oxygen atoms in total. The topological polar surface area (TPSA) is 79.6 Å². The SMILES string of the molecule is N#CCCN(C(=O)COC(=O)CCOc1ccccc1)c1ccc(F)cc1. The zero-order valence-electron chi connectivity index (χ0n) is 14.6. The number of anilines is 1. The predicted molar refractivity (Wildman–Crippen MR) is 96.5 cm³/mol. The lowest BCUT2D eigenvalue weighted by Gasteiger charge is -2.21. The number of amides is 1. The molecule has 0 aromatic heterocycles. The molecule has 0 atom stereocenters. The summed E-state index contributed by atoms with van der Waals surface area (Å²) >= 11 is 0. The third kappa shape index (κ3) is 6.78. The molecular formula is C20H19FN2O4. The number of carbonyl (C=O) groups excluding carboxylic acids is 2. The molecule has 0 saturated heterocycles. The van der Waals surface area contributed by atoms with Crippen LogP contribution in [-0.2, 0) is 14.3 Å². The minimum Gasteiger partial charge on any atom is -0.493 e. The molecule has 1 amide bonds. The first-order chi connectivity index (χ1) is 13.1. The molecule has 140 valence electrons. The number of esters is 1. The third-order valence-electron chi connectivity index (χ3n) is 3.56. The summed E-state index contributed by atoms with van der Waals surface area (Å²) in [4.78, 5) is 25.4. The minimum atomic E-state index is -0.571. The molecule has 27 heavy (non-hydrogen) atoms. The molecule has 0 aliphatic rings. The van der Waals surface area contributed by atoms with Crippen molar-refractivity contribution in [3.05, 3.63) is 60.4 Å². The summed E-state index contributed by atoms with van der Waals surface area (Å²) in [6.45, 7) is -0.213. The highest BCUT2D eigenvalue weighted by molar-refractivity contribution is 5.95. The summed E-state index contributed by atoms with van der Waals surface area (Å²) in [5.74, 6) is -0.857. The average molecular weight is 370 g/mol. The van der Waals surface area contributed by atoms with Crippen LogP contribution in [0.2, 0.25) is 0 Å². The Bertz CT molecular complexity index is 788. The van der Waals surface area contributed by atoms with E-state index in [1.807, 2.05) is 24.3 Å². The molecule has 0 radical (unpaired) electrons. The summed E-state index contributed by atoms with van der Waals surface area (Å²) in [6, 6.07) is 16.3. The molecule has 0 unspecified atom stereocenters. The van der Waals surface area contributed by atoms with Crippen LogP contribution in [0.3, 0.4) is 0 Å². The van der Waals surface area contributed by atoms with Crippen LogP contribution in [0.1, 0.15) is 12.8 Å². The van der Waals surface area contributed by atoms with Gasteiger partial charge in [-0.2, -0.15) is 5.26 Å². The largest absolute Gasteiger partial charge is 0.493 e. The number of ether oxygens (including phenoxy) is 2. The fourth-order valence-corrected chi connectivity index (χ4v) is 2.24. The first kappa shape index (κ1) is 19.9. The Morgan fingerprint density at radius 2 is 1.78 bits per heavy atom. The van der Waals surface area contributed by atoms with E-state index in [0.29, 0.717) is 11.4 Å². The smallest absolute Gasteiger partial charge is 0.309 e. The van der Waals surface area contributed by atoms with Crippen molar-refractivity contribution in [1.29, 1.82) is 5.26 Å². The molecular weight excluding hydrogens is 351 g/mol. The number of rotatable bonds is 9. The van der Waals surface area contributed by atoms with Crippen molar-refractivity contribution in [3.8, 4) is 11.8 Å². The van der Waals surface area contributed by atoms with E-state index < -0.39 is 24.3 Å². The number of hydrogen-bond donors (Lipinski definition) is 0. The highest BCUT2D eigenvalue weighted by atomic mass is 19.1. The van der Waals surface area contributed by atoms with Gasteiger partial charge in [-0.05, 0) is 36.4 Å². The number of nitrogens with zero attached hydrogens (tertiary/aromatic N) is 2. The Kier molecular flexibility index (Phi) is 7.79. The second-order valence-corrected chi connectivity index (χ2v) is 5.50. The van der Waals surface area contributed by atoms with Gasteiger partial charge < -0.3 is 14.4 Å². The number of para-hydroxylation sites is 1. The van der Waals surface area contributed by atoms with Crippen LogP contribution in [0.5, 0.6) is 5.75 Å². The van der Waals surface area contributed by atoms with Gasteiger partial charge in [-0.25, -0.2) is 4.39 Å². The van der Waals surface area contributed by atoms with Gasteiger partial charge >= 0.3 is 5.97 Å². The van der Waals surface area contributed by atoms with Gasteiger partial charge in [0.25, 0.3) is 5.91 Å². The highest BCUT2D eigenvalue weighted by Crippen LogP contribution is 2.16. The van der Waals surface area contributed by atoms with E-state index in [4.69, 9.17) is 14.7 Å². The van der Waals surface area contributed by atoms with E-state index in [2.05, 4.69) is 0 Å². The van der Waals surface area contributed by atoms with Crippen LogP contribution in [0.15, 0.2) is 54.6 Å². The monoisotopic (exact) mass is 370 g/mol. The summed E-state index contributed by atoms with van der Waals surface area (Å²) in [6.07, 6.45) is 0.0961. The molecule has 0 N–H and O–H groups in total. The molecule has 0 heterocycles. The van der Waals surface area contributed by atoms with Gasteiger partial charge in [-0.3, -0.25) is 9.59 Å². The molecule has 0 fully saturated rings. The molecule has 0 saturated carbocycles. The Morgan fingerprint density at radius 1 is 1.07 bits per heavy atom. The number of nitriles is 1. The summed E-state index contributed by atoms with van der Waals surface area (Å²) < 4.78 is 23.4. The normalized spacial score (nSPS) is 9.93. The Morgan fingerprint density at radius 3 is 2.44 bits per heavy atom. The van der Waals surface area contributed by atoms with E-state index in [1.165, 1.54) is 29.2 Å². The molecule has 7 heteroatoms. The fraction of sp³-hybridized carbons (Fsp3) is 0.250. The lowest BCUT2D eigenvalue weighted by molar-refractivity contribution is -0.148. The van der Waals surface area contributed by atoms with Crippen LogP contribution in [0, 0.1) is 17.1 Å². The molecule has 2 aromatic carbocycles. The van der Waals surface area contributed by atoms with E-state index in [1.54, 1.807) is 12.1 Å². The first-order valence-electron chi connectivity index (χ1n) is 8.36. The molecule has 0 bridgehead atoms. The first-order valence-corrected chi connectivity index (χ1v) is 8.36. The van der Waals surface area contributed by atoms with Crippen molar-refractivity contribution in [1.82, 2.24) is 0 Å². The van der Waals surface area contributed by atoms with Crippen molar-refractivity contribution in [2.75, 3.05) is 24.7 Å². The van der Waals surface area contributed by atoms with Gasteiger partial charge in [-0.15, -0.1) is 0 Å². The summed E-state index contributed by atoms with van der Waals surface area (Å²) in [5.41, 5.74) is 0.431. The standard InChI is InChI=1S/C20H19FN2O4/c21-16-7-9-17(10-8-16)23(13-4-12-22)19(24)15-27-20(25)11-14-26-18-5-2-1-3-6-18/h1-3,5-10H,4,11,13-15H2. The zero-order chi connectivity index (χ0) is 19.5. The number of halogens is 1. The second kappa shape index (κ2) is 10.6. The molecule has 0 spiro atoms. The maximum Gasteiger partial charge on any atom is 0.309 e. The van der Waals surface area contributed by atoms with Crippen molar-refractivity contribution in [2.45, 2.75) is 12.8 Å². The third-order valence-corrected chi connectivity index (χ3v) is 3.56. The maximum absolute atomic E-state index is 13.1. The van der Waals surface area contributed by atoms with E-state index >= 15 is 0 Å². The highest BCUT2D eigenvalue weighted by Gasteiger charge is 2.17. The number of carbonyl (C=O) groups is 2. The number of benzene rings is 2. The maximum atomic E-state index is 13.1. The quantitative estimate of drug-likeness (QED) is 0.634. The van der Waals surface area contributed by atoms with Crippen molar-refractivity contribution >= 4 is 17.6 Å². The van der Waals surface area contributed by atoms with Crippen molar-refractivity contribution in [2.24, 2.45) is 0 Å². The lowest BCUT2D eigenvalue weighted by atomic mass is 10.2. The molecule has 0 aliphatic heterocycles. The molecule has 0 aliphatic carbocycles. The Balaban J connectivity index is 1.82. The summed E-state index contributed by atoms with van der Waals surface area (Å²) in [5, 5.41) is 8.75. The van der Waals surface area contributed by atoms with Crippen LogP contribution >= 0.6 is 0 Å². The fourth-order valence-electron chi connectivity index (χ4n) is 2.24. The van der Waals surface area contributed by atoms with Crippen LogP contribution in [0.4, 0.5) is 10.1 Å². The van der Waals surface area contributed by atoms with Gasteiger partial charge in [0.15, 0.2) is 6.61 Å². The van der Waals surface area contributed by atoms with E-state index in [9.17, 15) is 14.0 Å². The number of hydrogen-bond acceptors (Lipinski definition) is 5. The van der Waals surface area contributed by atoms with Gasteiger partial charge in [-0.1, -0.05) is 18.2 Å². The summed E-state index contributed by atoms with van der Waals surface area (Å²) in [7, 11) is 0.